The summed E-state index contributed by atoms with van der Waals surface area (Å²) in [6, 6.07) is 33.0. The topological polar surface area (TPSA) is 66.9 Å². The van der Waals surface area contributed by atoms with Gasteiger partial charge in [0.25, 0.3) is 10.0 Å². The fourth-order valence-electron chi connectivity index (χ4n) is 4.08. The maximum absolute atomic E-state index is 14.0. The SMILES string of the molecule is COc1ccc(C)cc1S(=O)(=O)N(CC(=O)N(Cc1ccccc1)Cc1ccccc1)c1ccccc1. The van der Waals surface area contributed by atoms with Gasteiger partial charge in [0.2, 0.25) is 5.91 Å². The first-order valence-corrected chi connectivity index (χ1v) is 13.4. The molecular weight excluding hydrogens is 484 g/mol. The van der Waals surface area contributed by atoms with Crippen molar-refractivity contribution in [3.05, 3.63) is 126 Å². The van der Waals surface area contributed by atoms with Crippen molar-refractivity contribution in [1.82, 2.24) is 4.90 Å². The summed E-state index contributed by atoms with van der Waals surface area (Å²) in [4.78, 5) is 15.5. The van der Waals surface area contributed by atoms with E-state index in [2.05, 4.69) is 0 Å². The predicted octanol–water partition coefficient (Wildman–Crippen LogP) is 5.43. The van der Waals surface area contributed by atoms with Crippen LogP contribution in [0.25, 0.3) is 0 Å². The minimum absolute atomic E-state index is 0.0179. The number of rotatable bonds is 10. The molecule has 0 heterocycles. The maximum Gasteiger partial charge on any atom is 0.268 e. The Kier molecular flexibility index (Phi) is 8.25. The van der Waals surface area contributed by atoms with E-state index >= 15 is 0 Å². The van der Waals surface area contributed by atoms with Gasteiger partial charge < -0.3 is 9.64 Å². The lowest BCUT2D eigenvalue weighted by Crippen LogP contribution is -2.42. The normalized spacial score (nSPS) is 11.1. The van der Waals surface area contributed by atoms with Crippen LogP contribution < -0.4 is 9.04 Å². The monoisotopic (exact) mass is 514 g/mol. The molecule has 0 aliphatic carbocycles. The van der Waals surface area contributed by atoms with Crippen molar-refractivity contribution in [3.8, 4) is 5.75 Å². The highest BCUT2D eigenvalue weighted by atomic mass is 32.2. The number of benzene rings is 4. The molecule has 7 heteroatoms. The molecule has 4 rings (SSSR count). The number of carbonyl (C=O) groups excluding carboxylic acids is 1. The number of methoxy groups -OCH3 is 1. The van der Waals surface area contributed by atoms with Crippen molar-refractivity contribution in [2.75, 3.05) is 18.0 Å². The Bertz CT molecular complexity index is 1390. The first kappa shape index (κ1) is 26.0. The Morgan fingerprint density at radius 2 is 1.27 bits per heavy atom. The molecule has 0 aliphatic heterocycles. The third kappa shape index (κ3) is 6.37. The molecule has 0 saturated heterocycles. The molecule has 0 fully saturated rings. The zero-order chi connectivity index (χ0) is 26.3. The highest BCUT2D eigenvalue weighted by Gasteiger charge is 2.31. The number of amides is 1. The first-order valence-electron chi connectivity index (χ1n) is 12.0. The number of aryl methyl sites for hydroxylation is 1. The summed E-state index contributed by atoms with van der Waals surface area (Å²) >= 11 is 0. The molecule has 0 bridgehead atoms. The molecule has 6 nitrogen and oxygen atoms in total. The van der Waals surface area contributed by atoms with Crippen LogP contribution in [0.1, 0.15) is 16.7 Å². The van der Waals surface area contributed by atoms with Gasteiger partial charge in [-0.3, -0.25) is 9.10 Å². The highest BCUT2D eigenvalue weighted by Crippen LogP contribution is 2.31. The van der Waals surface area contributed by atoms with Crippen molar-refractivity contribution >= 4 is 21.6 Å². The van der Waals surface area contributed by atoms with Crippen LogP contribution in [0.15, 0.2) is 114 Å². The van der Waals surface area contributed by atoms with Gasteiger partial charge in [-0.1, -0.05) is 84.9 Å². The quantitative estimate of drug-likeness (QED) is 0.283. The number of nitrogens with zero attached hydrogens (tertiary/aromatic N) is 2. The van der Waals surface area contributed by atoms with E-state index in [1.807, 2.05) is 67.6 Å². The molecule has 0 aliphatic rings. The van der Waals surface area contributed by atoms with Gasteiger partial charge in [0.05, 0.1) is 12.8 Å². The van der Waals surface area contributed by atoms with Crippen LogP contribution >= 0.6 is 0 Å². The minimum Gasteiger partial charge on any atom is -0.495 e. The lowest BCUT2D eigenvalue weighted by atomic mass is 10.1. The van der Waals surface area contributed by atoms with Crippen LogP contribution in [0.3, 0.4) is 0 Å². The van der Waals surface area contributed by atoms with Crippen molar-refractivity contribution in [1.29, 1.82) is 0 Å². The summed E-state index contributed by atoms with van der Waals surface area (Å²) in [5, 5.41) is 0. The molecule has 190 valence electrons. The fourth-order valence-corrected chi connectivity index (χ4v) is 5.73. The third-order valence-corrected chi connectivity index (χ3v) is 7.79. The van der Waals surface area contributed by atoms with E-state index in [0.717, 1.165) is 21.0 Å². The fraction of sp³-hybridized carbons (Fsp3) is 0.167. The molecule has 0 spiro atoms. The first-order chi connectivity index (χ1) is 17.9. The molecule has 37 heavy (non-hydrogen) atoms. The number of hydrogen-bond acceptors (Lipinski definition) is 4. The van der Waals surface area contributed by atoms with Crippen molar-refractivity contribution in [3.63, 3.8) is 0 Å². The predicted molar refractivity (Wildman–Crippen MR) is 146 cm³/mol. The highest BCUT2D eigenvalue weighted by molar-refractivity contribution is 7.93. The van der Waals surface area contributed by atoms with E-state index in [1.54, 1.807) is 53.4 Å². The molecule has 1 amide bonds. The lowest BCUT2D eigenvalue weighted by Gasteiger charge is -2.29. The van der Waals surface area contributed by atoms with Gasteiger partial charge in [0.15, 0.2) is 0 Å². The molecular formula is C30H30N2O4S. The summed E-state index contributed by atoms with van der Waals surface area (Å²) in [6.45, 7) is 2.16. The molecule has 0 saturated carbocycles. The van der Waals surface area contributed by atoms with Crippen LogP contribution in [-0.4, -0.2) is 32.9 Å². The number of hydrogen-bond donors (Lipinski definition) is 0. The van der Waals surface area contributed by atoms with Gasteiger partial charge in [-0.15, -0.1) is 0 Å². The second-order valence-corrected chi connectivity index (χ2v) is 10.6. The summed E-state index contributed by atoms with van der Waals surface area (Å²) in [6.07, 6.45) is 0. The molecule has 0 atom stereocenters. The van der Waals surface area contributed by atoms with Crippen LogP contribution in [0, 0.1) is 6.92 Å². The molecule has 0 N–H and O–H groups in total. The Morgan fingerprint density at radius 1 is 0.757 bits per heavy atom. The van der Waals surface area contributed by atoms with Crippen molar-refractivity contribution in [2.45, 2.75) is 24.9 Å². The molecule has 4 aromatic carbocycles. The summed E-state index contributed by atoms with van der Waals surface area (Å²) in [5.74, 6) is -0.0869. The zero-order valence-electron chi connectivity index (χ0n) is 20.9. The second kappa shape index (κ2) is 11.8. The standard InChI is InChI=1S/C30H30N2O4S/c1-24-18-19-28(36-2)29(20-24)37(34,35)32(27-16-10-5-11-17-27)23-30(33)31(21-25-12-6-3-7-13-25)22-26-14-8-4-9-15-26/h3-20H,21-23H2,1-2H3. The van der Waals surface area contributed by atoms with Crippen molar-refractivity contribution < 1.29 is 17.9 Å². The van der Waals surface area contributed by atoms with Gasteiger partial charge in [-0.2, -0.15) is 0 Å². The maximum atomic E-state index is 14.0. The minimum atomic E-state index is -4.13. The van der Waals surface area contributed by atoms with E-state index in [1.165, 1.54) is 7.11 Å². The summed E-state index contributed by atoms with van der Waals surface area (Å²) in [5.41, 5.74) is 3.09. The Hall–Kier alpha value is -4.10. The van der Waals surface area contributed by atoms with E-state index in [4.69, 9.17) is 4.74 Å². The van der Waals surface area contributed by atoms with Gasteiger partial charge in [0, 0.05) is 13.1 Å². The van der Waals surface area contributed by atoms with E-state index in [9.17, 15) is 13.2 Å². The average Bonchev–Trinajstić information content (AvgIpc) is 2.92. The molecule has 0 unspecified atom stereocenters. The van der Waals surface area contributed by atoms with Gasteiger partial charge in [0.1, 0.15) is 17.2 Å². The molecule has 0 aromatic heterocycles. The largest absolute Gasteiger partial charge is 0.495 e. The third-order valence-electron chi connectivity index (χ3n) is 6.00. The van der Waals surface area contributed by atoms with Gasteiger partial charge in [-0.05, 0) is 47.9 Å². The Morgan fingerprint density at radius 3 is 1.78 bits per heavy atom. The Balaban J connectivity index is 1.72. The van der Waals surface area contributed by atoms with Crippen molar-refractivity contribution in [2.24, 2.45) is 0 Å². The second-order valence-electron chi connectivity index (χ2n) is 8.72. The molecule has 0 radical (unpaired) electrons. The molecule has 4 aromatic rings. The number of anilines is 1. The summed E-state index contributed by atoms with van der Waals surface area (Å²) < 4.78 is 34.6. The zero-order valence-corrected chi connectivity index (χ0v) is 21.8. The van der Waals surface area contributed by atoms with Crippen LogP contribution in [0.2, 0.25) is 0 Å². The van der Waals surface area contributed by atoms with Gasteiger partial charge in [-0.25, -0.2) is 8.42 Å². The van der Waals surface area contributed by atoms with Crippen LogP contribution in [0.5, 0.6) is 5.75 Å². The lowest BCUT2D eigenvalue weighted by molar-refractivity contribution is -0.130. The number of para-hydroxylation sites is 1. The van der Waals surface area contributed by atoms with Crippen LogP contribution in [0.4, 0.5) is 5.69 Å². The van der Waals surface area contributed by atoms with E-state index < -0.39 is 10.0 Å². The summed E-state index contributed by atoms with van der Waals surface area (Å²) in [7, 11) is -2.70. The van der Waals surface area contributed by atoms with Gasteiger partial charge >= 0.3 is 0 Å². The van der Waals surface area contributed by atoms with Crippen LogP contribution in [-0.2, 0) is 27.9 Å². The number of sulfonamides is 1. The Labute approximate surface area is 218 Å². The average molecular weight is 515 g/mol. The smallest absolute Gasteiger partial charge is 0.268 e. The number of ether oxygens (including phenoxy) is 1. The van der Waals surface area contributed by atoms with E-state index in [0.29, 0.717) is 18.8 Å². The number of carbonyl (C=O) groups is 1. The van der Waals surface area contributed by atoms with E-state index in [-0.39, 0.29) is 23.1 Å².